The molecule has 2 aromatic heterocycles. The highest BCUT2D eigenvalue weighted by molar-refractivity contribution is 5.96. The van der Waals surface area contributed by atoms with Gasteiger partial charge >= 0.3 is 0 Å². The molecule has 1 unspecified atom stereocenters. The third-order valence-electron chi connectivity index (χ3n) is 5.15. The number of halogens is 1. The van der Waals surface area contributed by atoms with Crippen LogP contribution in [0.3, 0.4) is 0 Å². The van der Waals surface area contributed by atoms with E-state index in [1.807, 2.05) is 28.7 Å². The van der Waals surface area contributed by atoms with E-state index in [1.54, 1.807) is 56.0 Å². The number of aromatic nitrogens is 3. The maximum absolute atomic E-state index is 13.5. The summed E-state index contributed by atoms with van der Waals surface area (Å²) in [5.74, 6) is -1.65. The molecule has 0 spiro atoms. The molecule has 2 aromatic carbocycles. The van der Waals surface area contributed by atoms with Gasteiger partial charge in [-0.3, -0.25) is 14.2 Å². The molecule has 0 aliphatic carbocycles. The second kappa shape index (κ2) is 7.73. The molecule has 1 aliphatic rings. The van der Waals surface area contributed by atoms with Crippen LogP contribution < -0.4 is 10.6 Å². The number of nitrogens with one attached hydrogen (secondary N) is 2. The number of benzene rings is 2. The molecule has 32 heavy (non-hydrogen) atoms. The summed E-state index contributed by atoms with van der Waals surface area (Å²) in [4.78, 5) is 26.0. The SMILES string of the molecule is CC1(NC(=O)c2ccccc2)N=CC=C(c2c(-c3ccc(F)cc3)nc3cnccn23)N1. The molecule has 3 heterocycles. The number of carbonyl (C=O) groups is 1. The van der Waals surface area contributed by atoms with Gasteiger partial charge in [0.1, 0.15) is 5.82 Å². The van der Waals surface area contributed by atoms with Crippen LogP contribution in [0, 0.1) is 5.82 Å². The smallest absolute Gasteiger partial charge is 0.254 e. The maximum atomic E-state index is 13.5. The fourth-order valence-electron chi connectivity index (χ4n) is 3.65. The third kappa shape index (κ3) is 3.62. The van der Waals surface area contributed by atoms with Crippen molar-refractivity contribution in [3.8, 4) is 11.3 Å². The molecule has 0 saturated heterocycles. The molecule has 0 radical (unpaired) electrons. The van der Waals surface area contributed by atoms with Crippen molar-refractivity contribution in [2.45, 2.75) is 12.7 Å². The number of allylic oxidation sites excluding steroid dienone is 1. The fourth-order valence-corrected chi connectivity index (χ4v) is 3.65. The molecule has 0 fully saturated rings. The number of carbonyl (C=O) groups excluding carboxylic acids is 1. The minimum atomic E-state index is -1.08. The minimum Gasteiger partial charge on any atom is -0.343 e. The van der Waals surface area contributed by atoms with E-state index in [-0.39, 0.29) is 11.7 Å². The molecule has 0 saturated carbocycles. The van der Waals surface area contributed by atoms with Gasteiger partial charge in [-0.25, -0.2) is 14.4 Å². The van der Waals surface area contributed by atoms with E-state index in [0.29, 0.717) is 22.6 Å². The van der Waals surface area contributed by atoms with Gasteiger partial charge in [0.15, 0.2) is 5.65 Å². The van der Waals surface area contributed by atoms with Crippen LogP contribution in [0.25, 0.3) is 22.6 Å². The molecular formula is C24H19FN6O. The number of aliphatic imine (C=N–C) groups is 1. The lowest BCUT2D eigenvalue weighted by Gasteiger charge is -2.32. The van der Waals surface area contributed by atoms with Gasteiger partial charge in [-0.2, -0.15) is 0 Å². The molecule has 0 bridgehead atoms. The molecular weight excluding hydrogens is 407 g/mol. The molecule has 7 nitrogen and oxygen atoms in total. The van der Waals surface area contributed by atoms with E-state index in [4.69, 9.17) is 4.98 Å². The molecule has 1 aliphatic heterocycles. The monoisotopic (exact) mass is 426 g/mol. The Bertz CT molecular complexity index is 1360. The van der Waals surface area contributed by atoms with Crippen LogP contribution in [0.1, 0.15) is 23.0 Å². The number of rotatable bonds is 4. The fraction of sp³-hybridized carbons (Fsp3) is 0.0833. The minimum absolute atomic E-state index is 0.250. The number of hydrogen-bond donors (Lipinski definition) is 2. The Hall–Kier alpha value is -4.33. The van der Waals surface area contributed by atoms with E-state index in [9.17, 15) is 9.18 Å². The number of hydrogen-bond acceptors (Lipinski definition) is 5. The average molecular weight is 426 g/mol. The van der Waals surface area contributed by atoms with E-state index in [2.05, 4.69) is 20.6 Å². The summed E-state index contributed by atoms with van der Waals surface area (Å²) in [6.07, 6.45) is 8.59. The third-order valence-corrected chi connectivity index (χ3v) is 5.15. The Labute approximate surface area is 183 Å². The Morgan fingerprint density at radius 3 is 2.69 bits per heavy atom. The van der Waals surface area contributed by atoms with Crippen LogP contribution in [0.2, 0.25) is 0 Å². The van der Waals surface area contributed by atoms with Crippen LogP contribution >= 0.6 is 0 Å². The van der Waals surface area contributed by atoms with Crippen molar-refractivity contribution in [2.75, 3.05) is 0 Å². The molecule has 8 heteroatoms. The van der Waals surface area contributed by atoms with Gasteiger partial charge < -0.3 is 10.6 Å². The first-order chi connectivity index (χ1) is 15.5. The second-order valence-electron chi connectivity index (χ2n) is 7.50. The predicted octanol–water partition coefficient (Wildman–Crippen LogP) is 3.65. The van der Waals surface area contributed by atoms with Crippen molar-refractivity contribution >= 4 is 23.5 Å². The lowest BCUT2D eigenvalue weighted by atomic mass is 10.1. The van der Waals surface area contributed by atoms with Crippen molar-refractivity contribution < 1.29 is 9.18 Å². The van der Waals surface area contributed by atoms with Crippen molar-refractivity contribution in [2.24, 2.45) is 4.99 Å². The lowest BCUT2D eigenvalue weighted by Crippen LogP contribution is -2.55. The zero-order valence-electron chi connectivity index (χ0n) is 17.2. The first kappa shape index (κ1) is 19.6. The summed E-state index contributed by atoms with van der Waals surface area (Å²) in [5, 5.41) is 6.26. The van der Waals surface area contributed by atoms with Crippen LogP contribution in [-0.4, -0.2) is 32.3 Å². The van der Waals surface area contributed by atoms with Gasteiger partial charge in [0.25, 0.3) is 5.91 Å². The van der Waals surface area contributed by atoms with Crippen LogP contribution in [0.15, 0.2) is 84.3 Å². The summed E-state index contributed by atoms with van der Waals surface area (Å²) in [7, 11) is 0. The Kier molecular flexibility index (Phi) is 4.74. The van der Waals surface area contributed by atoms with Gasteiger partial charge in [-0.1, -0.05) is 18.2 Å². The van der Waals surface area contributed by atoms with Gasteiger partial charge in [0.2, 0.25) is 5.79 Å². The highest BCUT2D eigenvalue weighted by Crippen LogP contribution is 2.30. The lowest BCUT2D eigenvalue weighted by molar-refractivity contribution is 0.0901. The highest BCUT2D eigenvalue weighted by atomic mass is 19.1. The number of amides is 1. The number of imidazole rings is 1. The molecule has 1 amide bonds. The quantitative estimate of drug-likeness (QED) is 0.522. The van der Waals surface area contributed by atoms with E-state index >= 15 is 0 Å². The maximum Gasteiger partial charge on any atom is 0.254 e. The second-order valence-corrected chi connectivity index (χ2v) is 7.50. The van der Waals surface area contributed by atoms with Gasteiger partial charge in [0.05, 0.1) is 23.3 Å². The summed E-state index contributed by atoms with van der Waals surface area (Å²) >= 11 is 0. The zero-order valence-corrected chi connectivity index (χ0v) is 17.2. The topological polar surface area (TPSA) is 83.7 Å². The van der Waals surface area contributed by atoms with Crippen LogP contribution in [0.4, 0.5) is 4.39 Å². The largest absolute Gasteiger partial charge is 0.343 e. The molecule has 1 atom stereocenters. The predicted molar refractivity (Wildman–Crippen MR) is 120 cm³/mol. The van der Waals surface area contributed by atoms with Crippen molar-refractivity contribution in [3.05, 3.63) is 96.3 Å². The Morgan fingerprint density at radius 1 is 1.12 bits per heavy atom. The van der Waals surface area contributed by atoms with Crippen molar-refractivity contribution in [3.63, 3.8) is 0 Å². The van der Waals surface area contributed by atoms with Gasteiger partial charge in [-0.15, -0.1) is 0 Å². The first-order valence-electron chi connectivity index (χ1n) is 10.0. The summed E-state index contributed by atoms with van der Waals surface area (Å²) in [6.45, 7) is 1.78. The number of fused-ring (bicyclic) bond motifs is 1. The summed E-state index contributed by atoms with van der Waals surface area (Å²) in [5.41, 5.74) is 4.04. The molecule has 4 aromatic rings. The number of nitrogens with zero attached hydrogens (tertiary/aromatic N) is 4. The van der Waals surface area contributed by atoms with Crippen molar-refractivity contribution in [1.82, 2.24) is 25.0 Å². The van der Waals surface area contributed by atoms with Crippen molar-refractivity contribution in [1.29, 1.82) is 0 Å². The average Bonchev–Trinajstić information content (AvgIpc) is 3.19. The summed E-state index contributed by atoms with van der Waals surface area (Å²) in [6, 6.07) is 15.1. The van der Waals surface area contributed by atoms with Crippen LogP contribution in [0.5, 0.6) is 0 Å². The van der Waals surface area contributed by atoms with E-state index in [1.165, 1.54) is 12.1 Å². The van der Waals surface area contributed by atoms with Gasteiger partial charge in [-0.05, 0) is 49.4 Å². The Balaban J connectivity index is 1.53. The van der Waals surface area contributed by atoms with E-state index in [0.717, 1.165) is 11.3 Å². The normalized spacial score (nSPS) is 17.6. The van der Waals surface area contributed by atoms with Gasteiger partial charge in [0, 0.05) is 29.7 Å². The summed E-state index contributed by atoms with van der Waals surface area (Å²) < 4.78 is 15.4. The van der Waals surface area contributed by atoms with E-state index < -0.39 is 5.79 Å². The Morgan fingerprint density at radius 2 is 1.91 bits per heavy atom. The van der Waals surface area contributed by atoms with Crippen LogP contribution in [-0.2, 0) is 0 Å². The zero-order chi connectivity index (χ0) is 22.1. The standard InChI is InChI=1S/C24H19FN6O/c1-24(30-23(32)17-5-3-2-4-6-17)27-12-11-19(29-24)22-21(16-7-9-18(25)10-8-16)28-20-15-26-13-14-31(20)22/h2-15,29H,1H3,(H,30,32). The molecule has 2 N–H and O–H groups in total. The highest BCUT2D eigenvalue weighted by Gasteiger charge is 2.30. The molecule has 158 valence electrons. The molecule has 5 rings (SSSR count). The first-order valence-corrected chi connectivity index (χ1v) is 10.0.